The van der Waals surface area contributed by atoms with E-state index in [1.165, 1.54) is 0 Å². The summed E-state index contributed by atoms with van der Waals surface area (Å²) in [4.78, 5) is 21.8. The molecule has 3 heterocycles. The van der Waals surface area contributed by atoms with Crippen LogP contribution in [0.1, 0.15) is 37.4 Å². The van der Waals surface area contributed by atoms with Gasteiger partial charge < -0.3 is 20.2 Å². The number of hydrogen-bond acceptors (Lipinski definition) is 9. The topological polar surface area (TPSA) is 136 Å². The molecule has 0 aliphatic rings. The van der Waals surface area contributed by atoms with Crippen molar-refractivity contribution in [3.63, 3.8) is 0 Å². The fourth-order valence-corrected chi connectivity index (χ4v) is 4.37. The van der Waals surface area contributed by atoms with E-state index >= 15 is 0 Å². The van der Waals surface area contributed by atoms with Crippen molar-refractivity contribution in [1.82, 2.24) is 29.5 Å². The van der Waals surface area contributed by atoms with E-state index in [2.05, 4.69) is 30.8 Å². The van der Waals surface area contributed by atoms with E-state index in [9.17, 15) is 9.90 Å². The molecule has 0 saturated heterocycles. The number of aromatic nitrogens is 6. The molecule has 5 rings (SSSR count). The maximum Gasteiger partial charge on any atom is 0.274 e. The third kappa shape index (κ3) is 4.68. The highest BCUT2D eigenvalue weighted by molar-refractivity contribution is 5.83. The SMILES string of the molecule is Cc1nnc(-c2cnc(Nc3ccc4c(=O)n(C)n(C(C)C)c4c3)nc2N[C@H](CO)c2ccccc2)o1. The number of fused-ring (bicyclic) bond motifs is 1. The van der Waals surface area contributed by atoms with Crippen LogP contribution in [0.5, 0.6) is 0 Å². The molecule has 37 heavy (non-hydrogen) atoms. The summed E-state index contributed by atoms with van der Waals surface area (Å²) >= 11 is 0. The Balaban J connectivity index is 1.53. The molecular formula is C26H28N8O3. The third-order valence-electron chi connectivity index (χ3n) is 6.08. The molecular weight excluding hydrogens is 472 g/mol. The smallest absolute Gasteiger partial charge is 0.274 e. The van der Waals surface area contributed by atoms with Crippen molar-refractivity contribution in [2.75, 3.05) is 17.2 Å². The lowest BCUT2D eigenvalue weighted by Crippen LogP contribution is -2.20. The zero-order valence-electron chi connectivity index (χ0n) is 21.0. The van der Waals surface area contributed by atoms with E-state index in [4.69, 9.17) is 4.42 Å². The number of nitrogens with one attached hydrogen (secondary N) is 2. The number of hydrogen-bond donors (Lipinski definition) is 3. The molecule has 5 aromatic rings. The Kier molecular flexibility index (Phi) is 6.45. The Morgan fingerprint density at radius 3 is 2.57 bits per heavy atom. The number of aliphatic hydroxyl groups excluding tert-OH is 1. The second kappa shape index (κ2) is 9.86. The number of aliphatic hydroxyl groups is 1. The van der Waals surface area contributed by atoms with Gasteiger partial charge in [0, 0.05) is 31.9 Å². The van der Waals surface area contributed by atoms with E-state index in [-0.39, 0.29) is 24.1 Å². The number of anilines is 3. The minimum atomic E-state index is -0.423. The summed E-state index contributed by atoms with van der Waals surface area (Å²) in [6.07, 6.45) is 1.59. The highest BCUT2D eigenvalue weighted by atomic mass is 16.4. The Bertz CT molecular complexity index is 1600. The van der Waals surface area contributed by atoms with E-state index in [0.29, 0.717) is 28.6 Å². The molecule has 11 nitrogen and oxygen atoms in total. The van der Waals surface area contributed by atoms with Gasteiger partial charge in [0.2, 0.25) is 11.8 Å². The standard InChI is InChI=1S/C26H28N8O3/c1-15(2)34-22-12-18(10-11-19(22)25(36)33(34)4)28-26-27-13-20(24-32-31-16(3)37-24)23(30-26)29-21(14-35)17-8-6-5-7-9-17/h5-13,15,21,35H,14H2,1-4H3,(H2,27,28,29,30)/t21-/m1/s1. The molecule has 2 aromatic carbocycles. The molecule has 0 bridgehead atoms. The Hall–Kier alpha value is -4.51. The first-order chi connectivity index (χ1) is 17.9. The van der Waals surface area contributed by atoms with Crippen LogP contribution >= 0.6 is 0 Å². The van der Waals surface area contributed by atoms with Gasteiger partial charge in [0.1, 0.15) is 5.82 Å². The highest BCUT2D eigenvalue weighted by Crippen LogP contribution is 2.30. The van der Waals surface area contributed by atoms with Gasteiger partial charge in [0.05, 0.1) is 29.1 Å². The van der Waals surface area contributed by atoms with Gasteiger partial charge in [-0.3, -0.25) is 14.2 Å². The maximum absolute atomic E-state index is 12.6. The third-order valence-corrected chi connectivity index (χ3v) is 6.08. The minimum absolute atomic E-state index is 0.0480. The van der Waals surface area contributed by atoms with Crippen LogP contribution in [0.25, 0.3) is 22.4 Å². The van der Waals surface area contributed by atoms with E-state index in [0.717, 1.165) is 16.8 Å². The van der Waals surface area contributed by atoms with E-state index in [1.807, 2.05) is 61.0 Å². The Labute approximate surface area is 212 Å². The van der Waals surface area contributed by atoms with Gasteiger partial charge >= 0.3 is 0 Å². The molecule has 0 radical (unpaired) electrons. The number of nitrogens with zero attached hydrogens (tertiary/aromatic N) is 6. The van der Waals surface area contributed by atoms with Crippen LogP contribution in [0.4, 0.5) is 17.5 Å². The fraction of sp³-hybridized carbons (Fsp3) is 0.269. The average molecular weight is 501 g/mol. The first kappa shape index (κ1) is 24.2. The van der Waals surface area contributed by atoms with E-state index in [1.54, 1.807) is 30.9 Å². The molecule has 0 amide bonds. The first-order valence-corrected chi connectivity index (χ1v) is 11.9. The molecule has 0 unspecified atom stereocenters. The zero-order valence-corrected chi connectivity index (χ0v) is 21.0. The summed E-state index contributed by atoms with van der Waals surface area (Å²) in [5.74, 6) is 1.42. The first-order valence-electron chi connectivity index (χ1n) is 11.9. The van der Waals surface area contributed by atoms with Gasteiger partial charge in [-0.25, -0.2) is 4.98 Å². The van der Waals surface area contributed by atoms with Gasteiger partial charge in [-0.05, 0) is 37.6 Å². The van der Waals surface area contributed by atoms with Gasteiger partial charge in [-0.2, -0.15) is 4.98 Å². The summed E-state index contributed by atoms with van der Waals surface area (Å²) in [6.45, 7) is 5.61. The van der Waals surface area contributed by atoms with Crippen molar-refractivity contribution in [2.45, 2.75) is 32.9 Å². The van der Waals surface area contributed by atoms with Gasteiger partial charge in [0.15, 0.2) is 0 Å². The molecule has 1 atom stereocenters. The van der Waals surface area contributed by atoms with Crippen molar-refractivity contribution < 1.29 is 9.52 Å². The summed E-state index contributed by atoms with van der Waals surface area (Å²) < 4.78 is 9.20. The normalized spacial score (nSPS) is 12.3. The number of benzene rings is 2. The fourth-order valence-electron chi connectivity index (χ4n) is 4.37. The molecule has 3 N–H and O–H groups in total. The van der Waals surface area contributed by atoms with Crippen molar-refractivity contribution >= 4 is 28.4 Å². The average Bonchev–Trinajstić information content (AvgIpc) is 3.43. The van der Waals surface area contributed by atoms with Crippen LogP contribution in [-0.4, -0.2) is 41.2 Å². The van der Waals surface area contributed by atoms with Gasteiger partial charge in [0.25, 0.3) is 11.4 Å². The molecule has 0 fully saturated rings. The van der Waals surface area contributed by atoms with Crippen molar-refractivity contribution in [2.24, 2.45) is 7.05 Å². The highest BCUT2D eigenvalue weighted by Gasteiger charge is 2.20. The second-order valence-corrected chi connectivity index (χ2v) is 9.00. The molecule has 190 valence electrons. The number of rotatable bonds is 8. The molecule has 0 aliphatic carbocycles. The van der Waals surface area contributed by atoms with Crippen LogP contribution in [0, 0.1) is 6.92 Å². The Morgan fingerprint density at radius 2 is 1.89 bits per heavy atom. The summed E-state index contributed by atoms with van der Waals surface area (Å²) in [7, 11) is 1.76. The van der Waals surface area contributed by atoms with Crippen molar-refractivity contribution in [1.29, 1.82) is 0 Å². The van der Waals surface area contributed by atoms with E-state index < -0.39 is 6.04 Å². The lowest BCUT2D eigenvalue weighted by molar-refractivity contribution is 0.276. The summed E-state index contributed by atoms with van der Waals surface area (Å²) in [6, 6.07) is 14.8. The van der Waals surface area contributed by atoms with Crippen LogP contribution < -0.4 is 16.2 Å². The van der Waals surface area contributed by atoms with Crippen LogP contribution in [0.2, 0.25) is 0 Å². The molecule has 0 aliphatic heterocycles. The molecule has 0 saturated carbocycles. The summed E-state index contributed by atoms with van der Waals surface area (Å²) in [5.41, 5.74) is 2.89. The predicted octanol–water partition coefficient (Wildman–Crippen LogP) is 3.96. The molecule has 0 spiro atoms. The predicted molar refractivity (Wildman–Crippen MR) is 141 cm³/mol. The largest absolute Gasteiger partial charge is 0.421 e. The van der Waals surface area contributed by atoms with Crippen molar-refractivity contribution in [3.05, 3.63) is 76.5 Å². The molecule has 11 heteroatoms. The van der Waals surface area contributed by atoms with Crippen LogP contribution in [-0.2, 0) is 7.05 Å². The Morgan fingerprint density at radius 1 is 1.11 bits per heavy atom. The lowest BCUT2D eigenvalue weighted by Gasteiger charge is -2.19. The quantitative estimate of drug-likeness (QED) is 0.289. The second-order valence-electron chi connectivity index (χ2n) is 9.00. The van der Waals surface area contributed by atoms with Gasteiger partial charge in [-0.15, -0.1) is 10.2 Å². The minimum Gasteiger partial charge on any atom is -0.421 e. The summed E-state index contributed by atoms with van der Waals surface area (Å²) in [5, 5.41) is 25.3. The lowest BCUT2D eigenvalue weighted by atomic mass is 10.1. The van der Waals surface area contributed by atoms with Crippen molar-refractivity contribution in [3.8, 4) is 11.5 Å². The molecule has 3 aromatic heterocycles. The monoisotopic (exact) mass is 500 g/mol. The van der Waals surface area contributed by atoms with Gasteiger partial charge in [-0.1, -0.05) is 30.3 Å². The maximum atomic E-state index is 12.6. The van der Waals surface area contributed by atoms with Crippen LogP contribution in [0.3, 0.4) is 0 Å². The van der Waals surface area contributed by atoms with Crippen LogP contribution in [0.15, 0.2) is 63.9 Å². The number of aryl methyl sites for hydroxylation is 1. The zero-order chi connectivity index (χ0) is 26.1.